The van der Waals surface area contributed by atoms with E-state index in [1.807, 2.05) is 91.8 Å². The first-order valence-electron chi connectivity index (χ1n) is 13.7. The van der Waals surface area contributed by atoms with Crippen molar-refractivity contribution >= 4 is 17.9 Å². The van der Waals surface area contributed by atoms with Crippen molar-refractivity contribution in [3.8, 4) is 11.8 Å². The molecule has 0 fully saturated rings. The molecule has 2 aromatic rings. The van der Waals surface area contributed by atoms with Gasteiger partial charge in [0, 0.05) is 13.3 Å². The van der Waals surface area contributed by atoms with Crippen LogP contribution in [0.25, 0.3) is 0 Å². The summed E-state index contributed by atoms with van der Waals surface area (Å²) in [6.07, 6.45) is 0.517. The van der Waals surface area contributed by atoms with Gasteiger partial charge in [-0.2, -0.15) is 5.26 Å². The molecule has 7 heteroatoms. The van der Waals surface area contributed by atoms with Gasteiger partial charge in [-0.3, -0.25) is 14.4 Å². The lowest BCUT2D eigenvalue weighted by atomic mass is 9.76. The van der Waals surface area contributed by atoms with Gasteiger partial charge in [0.1, 0.15) is 17.0 Å². The Balaban J connectivity index is 2.28. The summed E-state index contributed by atoms with van der Waals surface area (Å²) < 4.78 is 16.4. The van der Waals surface area contributed by atoms with E-state index in [0.717, 1.165) is 16.7 Å². The molecule has 0 aliphatic carbocycles. The van der Waals surface area contributed by atoms with Crippen LogP contribution < -0.4 is 4.74 Å². The average Bonchev–Trinajstić information content (AvgIpc) is 2.82. The first-order chi connectivity index (χ1) is 18.5. The third-order valence-corrected chi connectivity index (χ3v) is 6.50. The number of hydrogen-bond acceptors (Lipinski definition) is 7. The van der Waals surface area contributed by atoms with E-state index in [4.69, 9.17) is 14.2 Å². The number of hydrogen-bond donors (Lipinski definition) is 0. The fraction of sp³-hybridized carbons (Fsp3) is 0.515. The summed E-state index contributed by atoms with van der Waals surface area (Å²) in [6.45, 7) is 16.3. The van der Waals surface area contributed by atoms with E-state index >= 15 is 0 Å². The molecular weight excluding hydrogens is 506 g/mol. The molecule has 2 rings (SSSR count). The van der Waals surface area contributed by atoms with E-state index in [1.165, 1.54) is 6.92 Å². The summed E-state index contributed by atoms with van der Waals surface area (Å²) in [5.41, 5.74) is 1.45. The third-order valence-electron chi connectivity index (χ3n) is 6.50. The number of nitrogens with zero attached hydrogens (tertiary/aromatic N) is 1. The lowest BCUT2D eigenvalue weighted by molar-refractivity contribution is -0.161. The number of nitriles is 1. The summed E-state index contributed by atoms with van der Waals surface area (Å²) in [7, 11) is 0. The van der Waals surface area contributed by atoms with Crippen LogP contribution in [0.3, 0.4) is 0 Å². The van der Waals surface area contributed by atoms with Crippen molar-refractivity contribution in [3.63, 3.8) is 0 Å². The zero-order valence-electron chi connectivity index (χ0n) is 25.2. The van der Waals surface area contributed by atoms with E-state index in [0.29, 0.717) is 12.2 Å². The first-order valence-corrected chi connectivity index (χ1v) is 13.7. The van der Waals surface area contributed by atoms with Crippen molar-refractivity contribution in [2.45, 2.75) is 104 Å². The van der Waals surface area contributed by atoms with Gasteiger partial charge in [-0.05, 0) is 88.6 Å². The Kier molecular flexibility index (Phi) is 11.1. The fourth-order valence-corrected chi connectivity index (χ4v) is 4.62. The molecule has 4 unspecified atom stereocenters. The van der Waals surface area contributed by atoms with Gasteiger partial charge in [-0.25, -0.2) is 0 Å². The highest BCUT2D eigenvalue weighted by molar-refractivity contribution is 5.75. The van der Waals surface area contributed by atoms with Crippen molar-refractivity contribution in [2.75, 3.05) is 0 Å². The maximum atomic E-state index is 13.5. The molecule has 0 saturated carbocycles. The maximum Gasteiger partial charge on any atom is 0.310 e. The molecule has 2 aromatic carbocycles. The second-order valence-corrected chi connectivity index (χ2v) is 12.3. The molecule has 0 bridgehead atoms. The predicted octanol–water partition coefficient (Wildman–Crippen LogP) is 7.21. The Hall–Kier alpha value is -3.66. The highest BCUT2D eigenvalue weighted by Gasteiger charge is 2.36. The number of benzene rings is 2. The first kappa shape index (κ1) is 32.6. The van der Waals surface area contributed by atoms with Crippen LogP contribution in [0.15, 0.2) is 48.5 Å². The monoisotopic (exact) mass is 549 g/mol. The normalized spacial score (nSPS) is 14.7. The summed E-state index contributed by atoms with van der Waals surface area (Å²) >= 11 is 0. The molecule has 0 aliphatic rings. The number of ether oxygens (including phenoxy) is 3. The lowest BCUT2D eigenvalue weighted by Crippen LogP contribution is -2.34. The molecule has 0 aliphatic heterocycles. The number of esters is 3. The fourth-order valence-electron chi connectivity index (χ4n) is 4.62. The molecule has 0 spiro atoms. The van der Waals surface area contributed by atoms with Crippen molar-refractivity contribution in [1.82, 2.24) is 0 Å². The van der Waals surface area contributed by atoms with Gasteiger partial charge in [0.15, 0.2) is 0 Å². The van der Waals surface area contributed by atoms with Gasteiger partial charge in [0.2, 0.25) is 0 Å². The van der Waals surface area contributed by atoms with Gasteiger partial charge in [-0.15, -0.1) is 0 Å². The Bertz CT molecular complexity index is 1200. The van der Waals surface area contributed by atoms with Crippen LogP contribution in [0.1, 0.15) is 110 Å². The van der Waals surface area contributed by atoms with Gasteiger partial charge < -0.3 is 14.2 Å². The Morgan fingerprint density at radius 2 is 1.23 bits per heavy atom. The van der Waals surface area contributed by atoms with E-state index < -0.39 is 29.0 Å². The molecule has 0 N–H and O–H groups in total. The minimum atomic E-state index is -0.647. The summed E-state index contributed by atoms with van der Waals surface area (Å²) in [5.74, 6) is -1.92. The average molecular weight is 550 g/mol. The van der Waals surface area contributed by atoms with Crippen LogP contribution in [-0.2, 0) is 23.9 Å². The summed E-state index contributed by atoms with van der Waals surface area (Å²) in [4.78, 5) is 36.9. The van der Waals surface area contributed by atoms with E-state index in [2.05, 4.69) is 6.07 Å². The zero-order valence-corrected chi connectivity index (χ0v) is 25.2. The van der Waals surface area contributed by atoms with Crippen LogP contribution in [0.2, 0.25) is 0 Å². The lowest BCUT2D eigenvalue weighted by Gasteiger charge is -2.32. The van der Waals surface area contributed by atoms with Crippen molar-refractivity contribution < 1.29 is 28.6 Å². The molecule has 0 heterocycles. The molecule has 0 amide bonds. The topological polar surface area (TPSA) is 103 Å². The van der Waals surface area contributed by atoms with Gasteiger partial charge in [0.05, 0.1) is 17.9 Å². The molecule has 4 atom stereocenters. The van der Waals surface area contributed by atoms with Crippen LogP contribution in [0, 0.1) is 17.2 Å². The minimum absolute atomic E-state index is 0.155. The van der Waals surface area contributed by atoms with Crippen LogP contribution in [0.5, 0.6) is 5.75 Å². The second kappa shape index (κ2) is 13.6. The Labute approximate surface area is 238 Å². The Morgan fingerprint density at radius 1 is 0.775 bits per heavy atom. The molecular formula is C33H43NO6. The number of carbonyl (C=O) groups excluding carboxylic acids is 3. The summed E-state index contributed by atoms with van der Waals surface area (Å²) in [6, 6.07) is 17.1. The largest absolute Gasteiger partial charge is 0.460 e. The highest BCUT2D eigenvalue weighted by Crippen LogP contribution is 2.38. The number of carbonyl (C=O) groups is 3. The van der Waals surface area contributed by atoms with Gasteiger partial charge >= 0.3 is 17.9 Å². The molecule has 40 heavy (non-hydrogen) atoms. The highest BCUT2D eigenvalue weighted by atomic mass is 16.6. The van der Waals surface area contributed by atoms with E-state index in [1.54, 1.807) is 12.1 Å². The van der Waals surface area contributed by atoms with E-state index in [-0.39, 0.29) is 30.2 Å². The second-order valence-electron chi connectivity index (χ2n) is 12.3. The molecule has 0 saturated heterocycles. The smallest absolute Gasteiger partial charge is 0.310 e. The molecule has 7 nitrogen and oxygen atoms in total. The van der Waals surface area contributed by atoms with Gasteiger partial charge in [-0.1, -0.05) is 50.2 Å². The number of rotatable bonds is 10. The van der Waals surface area contributed by atoms with Crippen LogP contribution in [-0.4, -0.2) is 29.1 Å². The maximum absolute atomic E-state index is 13.5. The zero-order chi connectivity index (χ0) is 30.3. The van der Waals surface area contributed by atoms with Crippen molar-refractivity contribution in [2.24, 2.45) is 5.92 Å². The summed E-state index contributed by atoms with van der Waals surface area (Å²) in [5, 5.41) is 9.75. The van der Waals surface area contributed by atoms with Gasteiger partial charge in [0.25, 0.3) is 0 Å². The van der Waals surface area contributed by atoms with Crippen molar-refractivity contribution in [3.05, 3.63) is 65.2 Å². The standard InChI is InChI=1S/C33H43NO6/c1-21(24-10-12-26(13-11-24)27(20-34)16-19-29(36)39-32(4,5)6)30(31(37)40-33(7,8)9)22(2)25-14-17-28(18-15-25)38-23(3)35/h10-15,17-18,21-22,27,30H,16,19H2,1-9H3. The Morgan fingerprint density at radius 3 is 1.65 bits per heavy atom. The van der Waals surface area contributed by atoms with Crippen LogP contribution in [0.4, 0.5) is 0 Å². The minimum Gasteiger partial charge on any atom is -0.460 e. The van der Waals surface area contributed by atoms with E-state index in [9.17, 15) is 19.6 Å². The third kappa shape index (κ3) is 10.1. The van der Waals surface area contributed by atoms with Crippen molar-refractivity contribution in [1.29, 1.82) is 5.26 Å². The van der Waals surface area contributed by atoms with Crippen LogP contribution >= 0.6 is 0 Å². The predicted molar refractivity (Wildman–Crippen MR) is 154 cm³/mol. The quantitative estimate of drug-likeness (QED) is 0.228. The SMILES string of the molecule is CC(=O)Oc1ccc(C(C)C(C(=O)OC(C)(C)C)C(C)c2ccc(C(C#N)CCC(=O)OC(C)(C)C)cc2)cc1. The molecule has 0 radical (unpaired) electrons. The molecule has 0 aromatic heterocycles. The molecule has 216 valence electrons.